The molecule has 6 nitrogen and oxygen atoms in total. The second kappa shape index (κ2) is 8.79. The molecule has 1 aromatic heterocycles. The lowest BCUT2D eigenvalue weighted by atomic mass is 10.1. The minimum Gasteiger partial charge on any atom is -0.484 e. The van der Waals surface area contributed by atoms with Crippen LogP contribution in [-0.2, 0) is 4.79 Å². The van der Waals surface area contributed by atoms with Gasteiger partial charge in [-0.05, 0) is 73.5 Å². The summed E-state index contributed by atoms with van der Waals surface area (Å²) in [6, 6.07) is 18.7. The third-order valence-corrected chi connectivity index (χ3v) is 4.53. The molecule has 0 spiro atoms. The Labute approximate surface area is 178 Å². The van der Waals surface area contributed by atoms with Gasteiger partial charge in [-0.2, -0.15) is 4.98 Å². The first-order chi connectivity index (χ1) is 15.0. The number of nitrogens with one attached hydrogen (secondary N) is 1. The van der Waals surface area contributed by atoms with Crippen LogP contribution in [0.1, 0.15) is 11.1 Å². The predicted molar refractivity (Wildman–Crippen MR) is 115 cm³/mol. The van der Waals surface area contributed by atoms with E-state index in [1.807, 2.05) is 32.0 Å². The summed E-state index contributed by atoms with van der Waals surface area (Å²) in [5.74, 6) is 0.551. The number of anilines is 1. The van der Waals surface area contributed by atoms with Crippen LogP contribution < -0.4 is 10.1 Å². The molecule has 3 aromatic carbocycles. The number of benzene rings is 3. The van der Waals surface area contributed by atoms with Gasteiger partial charge in [0.1, 0.15) is 11.6 Å². The van der Waals surface area contributed by atoms with Crippen molar-refractivity contribution in [2.24, 2.45) is 0 Å². The summed E-state index contributed by atoms with van der Waals surface area (Å²) in [4.78, 5) is 16.8. The lowest BCUT2D eigenvalue weighted by Gasteiger charge is -2.10. The van der Waals surface area contributed by atoms with E-state index in [-0.39, 0.29) is 24.2 Å². The van der Waals surface area contributed by atoms with Crippen molar-refractivity contribution in [3.63, 3.8) is 0 Å². The van der Waals surface area contributed by atoms with Crippen molar-refractivity contribution in [2.45, 2.75) is 13.8 Å². The highest BCUT2D eigenvalue weighted by Gasteiger charge is 2.16. The maximum Gasteiger partial charge on any atom is 0.262 e. The maximum absolute atomic E-state index is 13.1. The molecule has 0 aliphatic heterocycles. The van der Waals surface area contributed by atoms with E-state index in [0.29, 0.717) is 28.4 Å². The van der Waals surface area contributed by atoms with Gasteiger partial charge in [-0.15, -0.1) is 0 Å². The first-order valence-electron chi connectivity index (χ1n) is 9.68. The minimum atomic E-state index is -0.344. The van der Waals surface area contributed by atoms with Gasteiger partial charge in [-0.1, -0.05) is 23.4 Å². The zero-order valence-electron chi connectivity index (χ0n) is 17.1. The van der Waals surface area contributed by atoms with Crippen LogP contribution in [0, 0.1) is 19.7 Å². The minimum absolute atomic E-state index is 0.137. The highest BCUT2D eigenvalue weighted by Crippen LogP contribution is 2.28. The van der Waals surface area contributed by atoms with Crippen LogP contribution >= 0.6 is 0 Å². The van der Waals surface area contributed by atoms with E-state index in [1.165, 1.54) is 12.1 Å². The number of nitrogens with zero attached hydrogens (tertiary/aromatic N) is 2. The normalized spacial score (nSPS) is 10.7. The van der Waals surface area contributed by atoms with Gasteiger partial charge in [0.05, 0.1) is 11.3 Å². The SMILES string of the molecule is Cc1cc(C)cc(OCC(=O)Nc2ccccc2-c2nc(-c3ccc(F)cc3)no2)c1. The number of hydrogen-bond donors (Lipinski definition) is 1. The summed E-state index contributed by atoms with van der Waals surface area (Å²) >= 11 is 0. The maximum atomic E-state index is 13.1. The summed E-state index contributed by atoms with van der Waals surface area (Å²) in [6.45, 7) is 3.81. The average Bonchev–Trinajstić information content (AvgIpc) is 3.22. The molecule has 31 heavy (non-hydrogen) atoms. The average molecular weight is 417 g/mol. The second-order valence-electron chi connectivity index (χ2n) is 7.14. The van der Waals surface area contributed by atoms with E-state index < -0.39 is 0 Å². The fourth-order valence-electron chi connectivity index (χ4n) is 3.18. The fourth-order valence-corrected chi connectivity index (χ4v) is 3.18. The van der Waals surface area contributed by atoms with E-state index in [9.17, 15) is 9.18 Å². The van der Waals surface area contributed by atoms with Crippen molar-refractivity contribution >= 4 is 11.6 Å². The van der Waals surface area contributed by atoms with Crippen molar-refractivity contribution < 1.29 is 18.4 Å². The van der Waals surface area contributed by atoms with Gasteiger partial charge in [0.25, 0.3) is 11.8 Å². The molecule has 0 aliphatic carbocycles. The second-order valence-corrected chi connectivity index (χ2v) is 7.14. The number of aryl methyl sites for hydroxylation is 2. The first-order valence-corrected chi connectivity index (χ1v) is 9.68. The van der Waals surface area contributed by atoms with Crippen molar-refractivity contribution in [1.82, 2.24) is 10.1 Å². The number of rotatable bonds is 6. The molecule has 1 N–H and O–H groups in total. The Morgan fingerprint density at radius 1 is 1.03 bits per heavy atom. The lowest BCUT2D eigenvalue weighted by Crippen LogP contribution is -2.20. The van der Waals surface area contributed by atoms with Crippen LogP contribution in [-0.4, -0.2) is 22.7 Å². The Balaban J connectivity index is 1.48. The lowest BCUT2D eigenvalue weighted by molar-refractivity contribution is -0.118. The zero-order chi connectivity index (χ0) is 21.8. The molecular formula is C24H20FN3O3. The molecule has 0 unspecified atom stereocenters. The van der Waals surface area contributed by atoms with Crippen molar-refractivity contribution in [3.05, 3.63) is 83.7 Å². The highest BCUT2D eigenvalue weighted by molar-refractivity contribution is 5.95. The van der Waals surface area contributed by atoms with Crippen LogP contribution in [0.5, 0.6) is 5.75 Å². The van der Waals surface area contributed by atoms with Crippen LogP contribution in [0.15, 0.2) is 71.3 Å². The van der Waals surface area contributed by atoms with Gasteiger partial charge in [-0.25, -0.2) is 4.39 Å². The number of amides is 1. The van der Waals surface area contributed by atoms with E-state index in [4.69, 9.17) is 9.26 Å². The molecule has 0 radical (unpaired) electrons. The smallest absolute Gasteiger partial charge is 0.262 e. The fraction of sp³-hybridized carbons (Fsp3) is 0.125. The molecule has 0 bridgehead atoms. The molecule has 0 saturated carbocycles. The van der Waals surface area contributed by atoms with E-state index in [2.05, 4.69) is 15.5 Å². The first kappa shape index (κ1) is 20.3. The van der Waals surface area contributed by atoms with Gasteiger partial charge in [0.2, 0.25) is 5.82 Å². The summed E-state index contributed by atoms with van der Waals surface area (Å²) in [5, 5.41) is 6.78. The number of hydrogen-bond acceptors (Lipinski definition) is 5. The largest absolute Gasteiger partial charge is 0.484 e. The summed E-state index contributed by atoms with van der Waals surface area (Å²) in [6.07, 6.45) is 0. The molecule has 4 aromatic rings. The third kappa shape index (κ3) is 4.95. The third-order valence-electron chi connectivity index (χ3n) is 4.53. The molecule has 156 valence electrons. The number of carbonyl (C=O) groups excluding carboxylic acids is 1. The van der Waals surface area contributed by atoms with Gasteiger partial charge in [0, 0.05) is 5.56 Å². The molecule has 4 rings (SSSR count). The van der Waals surface area contributed by atoms with E-state index >= 15 is 0 Å². The number of ether oxygens (including phenoxy) is 1. The van der Waals surface area contributed by atoms with Gasteiger partial charge in [-0.3, -0.25) is 4.79 Å². The monoisotopic (exact) mass is 417 g/mol. The summed E-state index contributed by atoms with van der Waals surface area (Å²) in [5.41, 5.74) is 3.84. The Bertz CT molecular complexity index is 1200. The van der Waals surface area contributed by atoms with Crippen LogP contribution in [0.3, 0.4) is 0 Å². The Morgan fingerprint density at radius 3 is 2.48 bits per heavy atom. The Morgan fingerprint density at radius 2 is 1.74 bits per heavy atom. The number of aromatic nitrogens is 2. The quantitative estimate of drug-likeness (QED) is 0.468. The molecule has 0 atom stereocenters. The molecule has 0 aliphatic rings. The zero-order valence-corrected chi connectivity index (χ0v) is 17.1. The Hall–Kier alpha value is -4.00. The van der Waals surface area contributed by atoms with Gasteiger partial charge in [0.15, 0.2) is 6.61 Å². The van der Waals surface area contributed by atoms with E-state index in [0.717, 1.165) is 11.1 Å². The number of halogens is 1. The van der Waals surface area contributed by atoms with Gasteiger partial charge >= 0.3 is 0 Å². The van der Waals surface area contributed by atoms with Crippen molar-refractivity contribution in [3.8, 4) is 28.6 Å². The number of carbonyl (C=O) groups is 1. The van der Waals surface area contributed by atoms with Gasteiger partial charge < -0.3 is 14.6 Å². The van der Waals surface area contributed by atoms with E-state index in [1.54, 1.807) is 36.4 Å². The molecule has 1 heterocycles. The Kier molecular flexibility index (Phi) is 5.75. The predicted octanol–water partition coefficient (Wildman–Crippen LogP) is 5.18. The molecule has 1 amide bonds. The standard InChI is InChI=1S/C24H20FN3O3/c1-15-11-16(2)13-19(12-15)30-14-22(29)26-21-6-4-3-5-20(21)24-27-23(28-31-24)17-7-9-18(25)10-8-17/h3-13H,14H2,1-2H3,(H,26,29). The van der Waals surface area contributed by atoms with Crippen molar-refractivity contribution in [1.29, 1.82) is 0 Å². The number of para-hydroxylation sites is 1. The van der Waals surface area contributed by atoms with Crippen LogP contribution in [0.4, 0.5) is 10.1 Å². The van der Waals surface area contributed by atoms with Crippen LogP contribution in [0.25, 0.3) is 22.8 Å². The summed E-state index contributed by atoms with van der Waals surface area (Å²) in [7, 11) is 0. The topological polar surface area (TPSA) is 77.2 Å². The summed E-state index contributed by atoms with van der Waals surface area (Å²) < 4.78 is 24.1. The molecule has 7 heteroatoms. The van der Waals surface area contributed by atoms with Crippen LogP contribution in [0.2, 0.25) is 0 Å². The van der Waals surface area contributed by atoms with Crippen molar-refractivity contribution in [2.75, 3.05) is 11.9 Å². The molecule has 0 saturated heterocycles. The molecular weight excluding hydrogens is 397 g/mol. The molecule has 0 fully saturated rings. The highest BCUT2D eigenvalue weighted by atomic mass is 19.1.